The molecule has 6 heteroatoms. The van der Waals surface area contributed by atoms with Crippen molar-refractivity contribution in [1.29, 1.82) is 0 Å². The monoisotopic (exact) mass is 242 g/mol. The van der Waals surface area contributed by atoms with E-state index in [9.17, 15) is 14.4 Å². The molecule has 0 aliphatic carbocycles. The van der Waals surface area contributed by atoms with Crippen LogP contribution in [-0.2, 0) is 14.4 Å². The van der Waals surface area contributed by atoms with Crippen LogP contribution in [-0.4, -0.2) is 47.4 Å². The summed E-state index contributed by atoms with van der Waals surface area (Å²) in [5.41, 5.74) is -0.871. The number of carbonyl (C=O) groups is 3. The Morgan fingerprint density at radius 3 is 2.59 bits per heavy atom. The number of piperidine rings is 1. The lowest BCUT2D eigenvalue weighted by atomic mass is 9.82. The highest BCUT2D eigenvalue weighted by Crippen LogP contribution is 2.29. The predicted octanol–water partition coefficient (Wildman–Crippen LogP) is -0.164. The SMILES string of the molecule is CC(=O)NCC(=O)N1CCCC(C)(C(=O)O)C1. The van der Waals surface area contributed by atoms with Gasteiger partial charge in [0.15, 0.2) is 0 Å². The Morgan fingerprint density at radius 2 is 2.06 bits per heavy atom. The first-order chi connectivity index (χ1) is 7.85. The molecule has 2 amide bonds. The lowest BCUT2D eigenvalue weighted by Crippen LogP contribution is -2.50. The normalized spacial score (nSPS) is 24.2. The summed E-state index contributed by atoms with van der Waals surface area (Å²) in [6.07, 6.45) is 1.25. The maximum absolute atomic E-state index is 11.7. The van der Waals surface area contributed by atoms with E-state index in [1.54, 1.807) is 6.92 Å². The highest BCUT2D eigenvalue weighted by molar-refractivity contribution is 5.84. The van der Waals surface area contributed by atoms with Crippen LogP contribution in [0.15, 0.2) is 0 Å². The van der Waals surface area contributed by atoms with Crippen LogP contribution in [0.5, 0.6) is 0 Å². The summed E-state index contributed by atoms with van der Waals surface area (Å²) >= 11 is 0. The molecule has 0 aromatic carbocycles. The van der Waals surface area contributed by atoms with Gasteiger partial charge in [-0.15, -0.1) is 0 Å². The van der Waals surface area contributed by atoms with E-state index in [-0.39, 0.29) is 24.9 Å². The Labute approximate surface area is 100.0 Å². The Kier molecular flexibility index (Phi) is 4.09. The number of aliphatic carboxylic acids is 1. The quantitative estimate of drug-likeness (QED) is 0.719. The van der Waals surface area contributed by atoms with Gasteiger partial charge in [-0.2, -0.15) is 0 Å². The van der Waals surface area contributed by atoms with Gasteiger partial charge in [-0.05, 0) is 19.8 Å². The highest BCUT2D eigenvalue weighted by Gasteiger charge is 2.39. The lowest BCUT2D eigenvalue weighted by molar-refractivity contribution is -0.153. The molecule has 96 valence electrons. The van der Waals surface area contributed by atoms with Gasteiger partial charge < -0.3 is 15.3 Å². The van der Waals surface area contributed by atoms with Crippen LogP contribution in [0.4, 0.5) is 0 Å². The number of rotatable bonds is 3. The highest BCUT2D eigenvalue weighted by atomic mass is 16.4. The van der Waals surface area contributed by atoms with Crippen molar-refractivity contribution in [2.75, 3.05) is 19.6 Å². The zero-order valence-corrected chi connectivity index (χ0v) is 10.2. The van der Waals surface area contributed by atoms with E-state index in [0.717, 1.165) is 0 Å². The van der Waals surface area contributed by atoms with Gasteiger partial charge in [-0.3, -0.25) is 14.4 Å². The minimum Gasteiger partial charge on any atom is -0.481 e. The molecule has 0 aromatic rings. The third-order valence-corrected chi connectivity index (χ3v) is 3.05. The Hall–Kier alpha value is -1.59. The molecule has 0 spiro atoms. The molecule has 1 aliphatic heterocycles. The van der Waals surface area contributed by atoms with Crippen molar-refractivity contribution in [1.82, 2.24) is 10.2 Å². The number of amides is 2. The molecule has 1 rings (SSSR count). The Morgan fingerprint density at radius 1 is 1.41 bits per heavy atom. The van der Waals surface area contributed by atoms with Crippen molar-refractivity contribution in [3.8, 4) is 0 Å². The van der Waals surface area contributed by atoms with Gasteiger partial charge in [0.1, 0.15) is 0 Å². The van der Waals surface area contributed by atoms with E-state index in [0.29, 0.717) is 19.4 Å². The average molecular weight is 242 g/mol. The number of nitrogens with zero attached hydrogens (tertiary/aromatic N) is 1. The molecule has 0 bridgehead atoms. The molecule has 0 aromatic heterocycles. The summed E-state index contributed by atoms with van der Waals surface area (Å²) in [6, 6.07) is 0. The first kappa shape index (κ1) is 13.5. The van der Waals surface area contributed by atoms with Crippen molar-refractivity contribution >= 4 is 17.8 Å². The van der Waals surface area contributed by atoms with Gasteiger partial charge in [0.2, 0.25) is 11.8 Å². The van der Waals surface area contributed by atoms with Gasteiger partial charge in [0, 0.05) is 20.0 Å². The second-order valence-electron chi connectivity index (χ2n) is 4.69. The molecular weight excluding hydrogens is 224 g/mol. The number of carboxylic acid groups (broad SMARTS) is 1. The zero-order valence-electron chi connectivity index (χ0n) is 10.2. The second-order valence-corrected chi connectivity index (χ2v) is 4.69. The Bertz CT molecular complexity index is 342. The van der Waals surface area contributed by atoms with Crippen molar-refractivity contribution in [2.24, 2.45) is 5.41 Å². The number of likely N-dealkylation sites (tertiary alicyclic amines) is 1. The van der Waals surface area contributed by atoms with Gasteiger partial charge in [0.05, 0.1) is 12.0 Å². The van der Waals surface area contributed by atoms with E-state index in [1.165, 1.54) is 11.8 Å². The fraction of sp³-hybridized carbons (Fsp3) is 0.727. The molecule has 1 atom stereocenters. The largest absolute Gasteiger partial charge is 0.481 e. The lowest BCUT2D eigenvalue weighted by Gasteiger charge is -2.37. The van der Waals surface area contributed by atoms with Crippen LogP contribution in [0.3, 0.4) is 0 Å². The van der Waals surface area contributed by atoms with Crippen LogP contribution >= 0.6 is 0 Å². The molecule has 1 heterocycles. The minimum absolute atomic E-state index is 0.0645. The summed E-state index contributed by atoms with van der Waals surface area (Å²) in [5.74, 6) is -1.38. The molecular formula is C11H18N2O4. The van der Waals surface area contributed by atoms with E-state index >= 15 is 0 Å². The zero-order chi connectivity index (χ0) is 13.1. The molecule has 0 radical (unpaired) electrons. The van der Waals surface area contributed by atoms with Crippen molar-refractivity contribution in [3.05, 3.63) is 0 Å². The standard InChI is InChI=1S/C11H18N2O4/c1-8(14)12-6-9(15)13-5-3-4-11(2,7-13)10(16)17/h3-7H2,1-2H3,(H,12,14)(H,16,17). The molecule has 1 aliphatic rings. The fourth-order valence-corrected chi connectivity index (χ4v) is 1.94. The van der Waals surface area contributed by atoms with Crippen LogP contribution in [0.25, 0.3) is 0 Å². The summed E-state index contributed by atoms with van der Waals surface area (Å²) in [6.45, 7) is 3.69. The molecule has 1 saturated heterocycles. The minimum atomic E-state index is -0.880. The molecule has 6 nitrogen and oxygen atoms in total. The maximum Gasteiger partial charge on any atom is 0.311 e. The van der Waals surface area contributed by atoms with E-state index < -0.39 is 11.4 Å². The van der Waals surface area contributed by atoms with Crippen molar-refractivity contribution < 1.29 is 19.5 Å². The molecule has 1 unspecified atom stereocenters. The number of nitrogens with one attached hydrogen (secondary N) is 1. The van der Waals surface area contributed by atoms with E-state index in [1.807, 2.05) is 0 Å². The summed E-state index contributed by atoms with van der Waals surface area (Å²) in [4.78, 5) is 35.0. The van der Waals surface area contributed by atoms with Gasteiger partial charge >= 0.3 is 5.97 Å². The van der Waals surface area contributed by atoms with Gasteiger partial charge in [-0.25, -0.2) is 0 Å². The first-order valence-electron chi connectivity index (χ1n) is 5.61. The van der Waals surface area contributed by atoms with Crippen LogP contribution in [0, 0.1) is 5.41 Å². The third kappa shape index (κ3) is 3.44. The molecule has 2 N–H and O–H groups in total. The molecule has 0 saturated carbocycles. The third-order valence-electron chi connectivity index (χ3n) is 3.05. The summed E-state index contributed by atoms with van der Waals surface area (Å²) in [5, 5.41) is 11.5. The molecule has 1 fully saturated rings. The van der Waals surface area contributed by atoms with Crippen LogP contribution in [0.1, 0.15) is 26.7 Å². The van der Waals surface area contributed by atoms with Crippen molar-refractivity contribution in [2.45, 2.75) is 26.7 Å². The second kappa shape index (κ2) is 5.16. The van der Waals surface area contributed by atoms with Gasteiger partial charge in [-0.1, -0.05) is 0 Å². The van der Waals surface area contributed by atoms with Crippen molar-refractivity contribution in [3.63, 3.8) is 0 Å². The summed E-state index contributed by atoms with van der Waals surface area (Å²) < 4.78 is 0. The molecule has 17 heavy (non-hydrogen) atoms. The predicted molar refractivity (Wildman–Crippen MR) is 60.2 cm³/mol. The first-order valence-corrected chi connectivity index (χ1v) is 5.61. The average Bonchev–Trinajstić information content (AvgIpc) is 2.25. The summed E-state index contributed by atoms with van der Waals surface area (Å²) in [7, 11) is 0. The number of carboxylic acids is 1. The van der Waals surface area contributed by atoms with E-state index in [4.69, 9.17) is 5.11 Å². The van der Waals surface area contributed by atoms with E-state index in [2.05, 4.69) is 5.32 Å². The number of hydrogen-bond donors (Lipinski definition) is 2. The number of carbonyl (C=O) groups excluding carboxylic acids is 2. The number of hydrogen-bond acceptors (Lipinski definition) is 3. The van der Waals surface area contributed by atoms with Gasteiger partial charge in [0.25, 0.3) is 0 Å². The topological polar surface area (TPSA) is 86.7 Å². The van der Waals surface area contributed by atoms with Crippen LogP contribution in [0.2, 0.25) is 0 Å². The Balaban J connectivity index is 2.57. The smallest absolute Gasteiger partial charge is 0.311 e. The van der Waals surface area contributed by atoms with Crippen LogP contribution < -0.4 is 5.32 Å². The maximum atomic E-state index is 11.7. The fourth-order valence-electron chi connectivity index (χ4n) is 1.94.